The first-order valence-electron chi connectivity index (χ1n) is 8.85. The van der Waals surface area contributed by atoms with Gasteiger partial charge < -0.3 is 20.1 Å². The summed E-state index contributed by atoms with van der Waals surface area (Å²) in [4.78, 5) is 24.5. The van der Waals surface area contributed by atoms with Crippen molar-refractivity contribution in [3.8, 4) is 11.5 Å². The Kier molecular flexibility index (Phi) is 6.82. The first-order valence-corrected chi connectivity index (χ1v) is 8.85. The summed E-state index contributed by atoms with van der Waals surface area (Å²) in [5.74, 6) is 0.374. The van der Waals surface area contributed by atoms with Crippen molar-refractivity contribution >= 4 is 23.6 Å². The largest absolute Gasteiger partial charge is 0.493 e. The van der Waals surface area contributed by atoms with Gasteiger partial charge in [-0.2, -0.15) is 0 Å². The van der Waals surface area contributed by atoms with E-state index in [0.717, 1.165) is 22.4 Å². The topological polar surface area (TPSA) is 76.7 Å². The van der Waals surface area contributed by atoms with Crippen LogP contribution in [0, 0.1) is 20.8 Å². The maximum absolute atomic E-state index is 12.9. The number of rotatable bonds is 6. The van der Waals surface area contributed by atoms with Gasteiger partial charge in [-0.1, -0.05) is 23.8 Å². The standard InChI is InChI=1S/C22H26N2O4/c1-13-9-14(2)21(15(3)10-13)24-22(26)18(23-16(4)25)11-17-7-8-19(27-5)20(12-17)28-6/h7-12H,1-6H3,(H,23,25)(H,24,26)/b18-11+. The molecule has 0 fully saturated rings. The van der Waals surface area contributed by atoms with Crippen LogP contribution in [0.25, 0.3) is 6.08 Å². The molecule has 2 rings (SSSR count). The van der Waals surface area contributed by atoms with E-state index in [1.807, 2.05) is 32.9 Å². The van der Waals surface area contributed by atoms with Gasteiger partial charge in [0.05, 0.1) is 14.2 Å². The van der Waals surface area contributed by atoms with Crippen molar-refractivity contribution in [2.75, 3.05) is 19.5 Å². The molecule has 6 nitrogen and oxygen atoms in total. The van der Waals surface area contributed by atoms with E-state index >= 15 is 0 Å². The minimum absolute atomic E-state index is 0.138. The lowest BCUT2D eigenvalue weighted by Crippen LogP contribution is -2.29. The van der Waals surface area contributed by atoms with Crippen molar-refractivity contribution in [1.29, 1.82) is 0 Å². The molecule has 0 aromatic heterocycles. The number of carbonyl (C=O) groups excluding carboxylic acids is 2. The number of hydrogen-bond acceptors (Lipinski definition) is 4. The zero-order valence-electron chi connectivity index (χ0n) is 17.1. The third kappa shape index (κ3) is 5.13. The van der Waals surface area contributed by atoms with E-state index in [4.69, 9.17) is 9.47 Å². The Labute approximate surface area is 165 Å². The molecule has 0 saturated carbocycles. The molecule has 2 aromatic rings. The van der Waals surface area contributed by atoms with E-state index < -0.39 is 5.91 Å². The summed E-state index contributed by atoms with van der Waals surface area (Å²) in [6.45, 7) is 7.24. The summed E-state index contributed by atoms with van der Waals surface area (Å²) in [5, 5.41) is 5.51. The normalized spacial score (nSPS) is 11.0. The average Bonchev–Trinajstić information content (AvgIpc) is 2.63. The fourth-order valence-corrected chi connectivity index (χ4v) is 3.02. The molecule has 0 atom stereocenters. The minimum Gasteiger partial charge on any atom is -0.493 e. The van der Waals surface area contributed by atoms with Crippen molar-refractivity contribution in [3.63, 3.8) is 0 Å². The van der Waals surface area contributed by atoms with Gasteiger partial charge in [-0.15, -0.1) is 0 Å². The van der Waals surface area contributed by atoms with Gasteiger partial charge >= 0.3 is 0 Å². The first kappa shape index (κ1) is 21.0. The highest BCUT2D eigenvalue weighted by Crippen LogP contribution is 2.28. The molecule has 0 saturated heterocycles. The van der Waals surface area contributed by atoms with Gasteiger partial charge in [0.25, 0.3) is 5.91 Å². The van der Waals surface area contributed by atoms with Crippen molar-refractivity contribution in [2.45, 2.75) is 27.7 Å². The Hall–Kier alpha value is -3.28. The zero-order valence-corrected chi connectivity index (χ0v) is 17.1. The number of anilines is 1. The first-order chi connectivity index (χ1) is 13.2. The second kappa shape index (κ2) is 9.08. The van der Waals surface area contributed by atoms with Gasteiger partial charge in [0.2, 0.25) is 5.91 Å². The van der Waals surface area contributed by atoms with Crippen LogP contribution in [0.3, 0.4) is 0 Å². The summed E-state index contributed by atoms with van der Waals surface area (Å²) in [7, 11) is 3.09. The van der Waals surface area contributed by atoms with Crippen LogP contribution >= 0.6 is 0 Å². The molecule has 0 unspecified atom stereocenters. The third-order valence-electron chi connectivity index (χ3n) is 4.19. The van der Waals surface area contributed by atoms with Crippen LogP contribution in [0.2, 0.25) is 0 Å². The Morgan fingerprint density at radius 3 is 2.07 bits per heavy atom. The smallest absolute Gasteiger partial charge is 0.272 e. The number of benzene rings is 2. The number of hydrogen-bond donors (Lipinski definition) is 2. The molecule has 0 aliphatic heterocycles. The van der Waals surface area contributed by atoms with Gasteiger partial charge in [-0.3, -0.25) is 9.59 Å². The van der Waals surface area contributed by atoms with Crippen molar-refractivity contribution in [1.82, 2.24) is 5.32 Å². The van der Waals surface area contributed by atoms with Crippen LogP contribution in [-0.2, 0) is 9.59 Å². The van der Waals surface area contributed by atoms with Crippen LogP contribution in [0.1, 0.15) is 29.2 Å². The highest BCUT2D eigenvalue weighted by molar-refractivity contribution is 6.09. The zero-order chi connectivity index (χ0) is 20.8. The molecule has 2 N–H and O–H groups in total. The van der Waals surface area contributed by atoms with Gasteiger partial charge in [0.15, 0.2) is 11.5 Å². The summed E-state index contributed by atoms with van der Waals surface area (Å²) in [5.41, 5.74) is 4.60. The molecule has 0 spiro atoms. The minimum atomic E-state index is -0.403. The average molecular weight is 382 g/mol. The summed E-state index contributed by atoms with van der Waals surface area (Å²) < 4.78 is 10.5. The van der Waals surface area contributed by atoms with Crippen LogP contribution in [-0.4, -0.2) is 26.0 Å². The van der Waals surface area contributed by atoms with Gasteiger partial charge in [-0.25, -0.2) is 0 Å². The van der Waals surface area contributed by atoms with Crippen molar-refractivity contribution < 1.29 is 19.1 Å². The molecule has 0 bridgehead atoms. The monoisotopic (exact) mass is 382 g/mol. The molecule has 0 aliphatic rings. The molecule has 6 heteroatoms. The maximum atomic E-state index is 12.9. The van der Waals surface area contributed by atoms with E-state index in [-0.39, 0.29) is 11.6 Å². The van der Waals surface area contributed by atoms with Crippen molar-refractivity contribution in [2.24, 2.45) is 0 Å². The predicted molar refractivity (Wildman–Crippen MR) is 111 cm³/mol. The van der Waals surface area contributed by atoms with Gasteiger partial charge in [0.1, 0.15) is 5.70 Å². The van der Waals surface area contributed by atoms with E-state index in [1.165, 1.54) is 14.0 Å². The quantitative estimate of drug-likeness (QED) is 0.746. The lowest BCUT2D eigenvalue weighted by atomic mass is 10.0. The fraction of sp³-hybridized carbons (Fsp3) is 0.273. The number of amides is 2. The SMILES string of the molecule is COc1ccc(/C=C(/NC(C)=O)C(=O)Nc2c(C)cc(C)cc2C)cc1OC. The molecular formula is C22H26N2O4. The van der Waals surface area contributed by atoms with E-state index in [2.05, 4.69) is 10.6 Å². The van der Waals surface area contributed by atoms with Crippen LogP contribution < -0.4 is 20.1 Å². The lowest BCUT2D eigenvalue weighted by molar-refractivity contribution is -0.120. The van der Waals surface area contributed by atoms with Gasteiger partial charge in [0, 0.05) is 12.6 Å². The highest BCUT2D eigenvalue weighted by Gasteiger charge is 2.15. The Morgan fingerprint density at radius 2 is 1.54 bits per heavy atom. The molecule has 148 valence electrons. The summed E-state index contributed by atoms with van der Waals surface area (Å²) >= 11 is 0. The van der Waals surface area contributed by atoms with E-state index in [0.29, 0.717) is 17.1 Å². The Morgan fingerprint density at radius 1 is 0.929 bits per heavy atom. The van der Waals surface area contributed by atoms with Crippen LogP contribution in [0.4, 0.5) is 5.69 Å². The maximum Gasteiger partial charge on any atom is 0.272 e. The highest BCUT2D eigenvalue weighted by atomic mass is 16.5. The fourth-order valence-electron chi connectivity index (χ4n) is 3.02. The lowest BCUT2D eigenvalue weighted by Gasteiger charge is -2.15. The Bertz CT molecular complexity index is 909. The van der Waals surface area contributed by atoms with Gasteiger partial charge in [-0.05, 0) is 55.7 Å². The van der Waals surface area contributed by atoms with Crippen molar-refractivity contribution in [3.05, 3.63) is 58.3 Å². The molecule has 2 amide bonds. The molecule has 0 radical (unpaired) electrons. The van der Waals surface area contributed by atoms with Crippen LogP contribution in [0.15, 0.2) is 36.0 Å². The predicted octanol–water partition coefficient (Wildman–Crippen LogP) is 3.74. The Balaban J connectivity index is 2.39. The third-order valence-corrected chi connectivity index (χ3v) is 4.19. The number of nitrogens with one attached hydrogen (secondary N) is 2. The summed E-state index contributed by atoms with van der Waals surface area (Å²) in [6, 6.07) is 9.24. The number of aryl methyl sites for hydroxylation is 3. The van der Waals surface area contributed by atoms with E-state index in [9.17, 15) is 9.59 Å². The van der Waals surface area contributed by atoms with Crippen LogP contribution in [0.5, 0.6) is 11.5 Å². The molecule has 0 heterocycles. The second-order valence-electron chi connectivity index (χ2n) is 6.58. The molecule has 0 aliphatic carbocycles. The second-order valence-corrected chi connectivity index (χ2v) is 6.58. The number of ether oxygens (including phenoxy) is 2. The molecule has 2 aromatic carbocycles. The number of methoxy groups -OCH3 is 2. The van der Waals surface area contributed by atoms with E-state index in [1.54, 1.807) is 31.4 Å². The number of carbonyl (C=O) groups is 2. The summed E-state index contributed by atoms with van der Waals surface area (Å²) in [6.07, 6.45) is 1.59. The molecular weight excluding hydrogens is 356 g/mol. The molecule has 28 heavy (non-hydrogen) atoms.